The van der Waals surface area contributed by atoms with Crippen LogP contribution in [0.5, 0.6) is 0 Å². The van der Waals surface area contributed by atoms with Crippen LogP contribution < -0.4 is 10.2 Å². The molecule has 2 aromatic carbocycles. The van der Waals surface area contributed by atoms with Crippen LogP contribution in [0.4, 0.5) is 5.69 Å². The van der Waals surface area contributed by atoms with Gasteiger partial charge in [0.05, 0.1) is 6.54 Å². The van der Waals surface area contributed by atoms with Gasteiger partial charge < -0.3 is 15.0 Å². The Morgan fingerprint density at radius 3 is 2.61 bits per heavy atom. The molecule has 1 amide bonds. The summed E-state index contributed by atoms with van der Waals surface area (Å²) in [6, 6.07) is 19.4. The van der Waals surface area contributed by atoms with Gasteiger partial charge >= 0.3 is 0 Å². The lowest BCUT2D eigenvalue weighted by molar-refractivity contribution is -0.120. The second-order valence-electron chi connectivity index (χ2n) is 8.18. The Bertz CT molecular complexity index is 799. The summed E-state index contributed by atoms with van der Waals surface area (Å²) in [5.41, 5.74) is 3.83. The van der Waals surface area contributed by atoms with Gasteiger partial charge in [0.2, 0.25) is 5.91 Å². The van der Waals surface area contributed by atoms with Crippen LogP contribution in [0.1, 0.15) is 37.3 Å². The fraction of sp³-hybridized carbons (Fsp3) is 0.458. The minimum Gasteiger partial charge on any atom is -0.381 e. The van der Waals surface area contributed by atoms with Gasteiger partial charge in [-0.05, 0) is 49.8 Å². The van der Waals surface area contributed by atoms with Crippen LogP contribution in [-0.4, -0.2) is 38.3 Å². The standard InChI is InChI=1S/C24H30N2O2/c1-19-11-12-20-7-5-6-10-22(20)26(19)17-23(27)25-18-24(13-15-28-16-14-24)21-8-3-2-4-9-21/h2-10,19H,11-18H2,1H3,(H,25,27). The van der Waals surface area contributed by atoms with Gasteiger partial charge in [-0.25, -0.2) is 0 Å². The van der Waals surface area contributed by atoms with E-state index in [-0.39, 0.29) is 11.3 Å². The molecule has 0 aliphatic carbocycles. The summed E-state index contributed by atoms with van der Waals surface area (Å²) in [4.78, 5) is 15.2. The molecule has 0 bridgehead atoms. The Labute approximate surface area is 167 Å². The van der Waals surface area contributed by atoms with E-state index in [1.807, 2.05) is 6.07 Å². The number of amides is 1. The highest BCUT2D eigenvalue weighted by atomic mass is 16.5. The van der Waals surface area contributed by atoms with E-state index in [0.717, 1.165) is 38.9 Å². The van der Waals surface area contributed by atoms with E-state index in [2.05, 4.69) is 65.7 Å². The maximum atomic E-state index is 12.9. The number of rotatable bonds is 5. The number of carbonyl (C=O) groups excluding carboxylic acids is 1. The van der Waals surface area contributed by atoms with E-state index >= 15 is 0 Å². The lowest BCUT2D eigenvalue weighted by Crippen LogP contribution is -2.49. The van der Waals surface area contributed by atoms with Crippen LogP contribution >= 0.6 is 0 Å². The minimum atomic E-state index is -0.0272. The van der Waals surface area contributed by atoms with Crippen molar-refractivity contribution in [1.82, 2.24) is 5.32 Å². The molecule has 2 heterocycles. The van der Waals surface area contributed by atoms with Crippen molar-refractivity contribution in [2.24, 2.45) is 0 Å². The summed E-state index contributed by atoms with van der Waals surface area (Å²) in [7, 11) is 0. The number of nitrogens with zero attached hydrogens (tertiary/aromatic N) is 1. The molecule has 0 radical (unpaired) electrons. The van der Waals surface area contributed by atoms with E-state index in [4.69, 9.17) is 4.74 Å². The van der Waals surface area contributed by atoms with Crippen molar-refractivity contribution in [1.29, 1.82) is 0 Å². The first-order valence-corrected chi connectivity index (χ1v) is 10.4. The minimum absolute atomic E-state index is 0.0272. The van der Waals surface area contributed by atoms with Gasteiger partial charge in [-0.3, -0.25) is 4.79 Å². The lowest BCUT2D eigenvalue weighted by atomic mass is 9.74. The van der Waals surface area contributed by atoms with Crippen LogP contribution in [0.15, 0.2) is 54.6 Å². The van der Waals surface area contributed by atoms with Crippen LogP contribution in [0, 0.1) is 0 Å². The van der Waals surface area contributed by atoms with Gasteiger partial charge in [0, 0.05) is 36.9 Å². The number of ether oxygens (including phenoxy) is 1. The van der Waals surface area contributed by atoms with Gasteiger partial charge in [0.15, 0.2) is 0 Å². The van der Waals surface area contributed by atoms with Crippen LogP contribution in [0.25, 0.3) is 0 Å². The molecule has 4 nitrogen and oxygen atoms in total. The molecule has 28 heavy (non-hydrogen) atoms. The summed E-state index contributed by atoms with van der Waals surface area (Å²) in [5.74, 6) is 0.102. The van der Waals surface area contributed by atoms with Gasteiger partial charge in [0.25, 0.3) is 0 Å². The number of anilines is 1. The molecule has 1 atom stereocenters. The number of hydrogen-bond donors (Lipinski definition) is 1. The van der Waals surface area contributed by atoms with Crippen molar-refractivity contribution < 1.29 is 9.53 Å². The summed E-state index contributed by atoms with van der Waals surface area (Å²) >= 11 is 0. The van der Waals surface area contributed by atoms with Gasteiger partial charge in [-0.15, -0.1) is 0 Å². The highest BCUT2D eigenvalue weighted by Gasteiger charge is 2.35. The number of aryl methyl sites for hydroxylation is 1. The fourth-order valence-corrected chi connectivity index (χ4v) is 4.60. The number of carbonyl (C=O) groups is 1. The first-order valence-electron chi connectivity index (χ1n) is 10.4. The van der Waals surface area contributed by atoms with Crippen LogP contribution in [0.2, 0.25) is 0 Å². The molecule has 2 aromatic rings. The molecule has 4 rings (SSSR count). The normalized spacial score (nSPS) is 21.0. The van der Waals surface area contributed by atoms with Crippen molar-refractivity contribution in [2.75, 3.05) is 31.2 Å². The van der Waals surface area contributed by atoms with Crippen molar-refractivity contribution in [3.05, 3.63) is 65.7 Å². The Morgan fingerprint density at radius 1 is 1.11 bits per heavy atom. The fourth-order valence-electron chi connectivity index (χ4n) is 4.60. The average molecular weight is 379 g/mol. The van der Waals surface area contributed by atoms with E-state index in [0.29, 0.717) is 19.1 Å². The highest BCUT2D eigenvalue weighted by molar-refractivity contribution is 5.82. The molecule has 2 aliphatic heterocycles. The molecule has 2 aliphatic rings. The second-order valence-corrected chi connectivity index (χ2v) is 8.18. The van der Waals surface area contributed by atoms with E-state index in [1.165, 1.54) is 16.8 Å². The Balaban J connectivity index is 1.45. The first kappa shape index (κ1) is 19.0. The summed E-state index contributed by atoms with van der Waals surface area (Å²) in [6.07, 6.45) is 4.07. The number of fused-ring (bicyclic) bond motifs is 1. The Kier molecular flexibility index (Phi) is 5.67. The summed E-state index contributed by atoms with van der Waals surface area (Å²) in [6.45, 7) is 4.80. The van der Waals surface area contributed by atoms with E-state index < -0.39 is 0 Å². The number of hydrogen-bond acceptors (Lipinski definition) is 3. The van der Waals surface area contributed by atoms with Crippen molar-refractivity contribution >= 4 is 11.6 Å². The smallest absolute Gasteiger partial charge is 0.239 e. The number of para-hydroxylation sites is 1. The molecule has 1 unspecified atom stereocenters. The molecule has 148 valence electrons. The maximum Gasteiger partial charge on any atom is 0.239 e. The molecule has 1 saturated heterocycles. The lowest BCUT2D eigenvalue weighted by Gasteiger charge is -2.39. The summed E-state index contributed by atoms with van der Waals surface area (Å²) in [5, 5.41) is 3.25. The first-order chi connectivity index (χ1) is 13.7. The highest BCUT2D eigenvalue weighted by Crippen LogP contribution is 2.34. The molecule has 1 fully saturated rings. The van der Waals surface area contributed by atoms with Crippen molar-refractivity contribution in [3.8, 4) is 0 Å². The van der Waals surface area contributed by atoms with Gasteiger partial charge in [0.1, 0.15) is 0 Å². The number of nitrogens with one attached hydrogen (secondary N) is 1. The number of benzene rings is 2. The van der Waals surface area contributed by atoms with Crippen molar-refractivity contribution in [3.63, 3.8) is 0 Å². The molecular weight excluding hydrogens is 348 g/mol. The summed E-state index contributed by atoms with van der Waals surface area (Å²) < 4.78 is 5.61. The topological polar surface area (TPSA) is 41.6 Å². The van der Waals surface area contributed by atoms with Gasteiger partial charge in [-0.2, -0.15) is 0 Å². The molecule has 1 N–H and O–H groups in total. The maximum absolute atomic E-state index is 12.9. The molecular formula is C24H30N2O2. The third-order valence-corrected chi connectivity index (χ3v) is 6.44. The van der Waals surface area contributed by atoms with E-state index in [9.17, 15) is 4.79 Å². The third-order valence-electron chi connectivity index (χ3n) is 6.44. The molecule has 0 spiro atoms. The molecule has 4 heteroatoms. The zero-order valence-electron chi connectivity index (χ0n) is 16.7. The second kappa shape index (κ2) is 8.36. The zero-order chi connectivity index (χ0) is 19.4. The molecule has 0 saturated carbocycles. The predicted octanol–water partition coefficient (Wildman–Crippen LogP) is 3.69. The Hall–Kier alpha value is -2.33. The largest absolute Gasteiger partial charge is 0.381 e. The monoisotopic (exact) mass is 378 g/mol. The molecule has 0 aromatic heterocycles. The quantitative estimate of drug-likeness (QED) is 0.863. The van der Waals surface area contributed by atoms with E-state index in [1.54, 1.807) is 0 Å². The van der Waals surface area contributed by atoms with Crippen molar-refractivity contribution in [2.45, 2.75) is 44.1 Å². The zero-order valence-corrected chi connectivity index (χ0v) is 16.7. The Morgan fingerprint density at radius 2 is 1.82 bits per heavy atom. The SMILES string of the molecule is CC1CCc2ccccc2N1CC(=O)NCC1(c2ccccc2)CCOCC1. The van der Waals surface area contributed by atoms with Crippen LogP contribution in [-0.2, 0) is 21.4 Å². The van der Waals surface area contributed by atoms with Crippen LogP contribution in [0.3, 0.4) is 0 Å². The average Bonchev–Trinajstić information content (AvgIpc) is 2.76. The van der Waals surface area contributed by atoms with Gasteiger partial charge in [-0.1, -0.05) is 48.5 Å². The third kappa shape index (κ3) is 3.93. The predicted molar refractivity (Wildman–Crippen MR) is 113 cm³/mol.